The van der Waals surface area contributed by atoms with Gasteiger partial charge < -0.3 is 14.8 Å². The van der Waals surface area contributed by atoms with E-state index in [1.165, 1.54) is 7.11 Å². The molecule has 0 saturated carbocycles. The van der Waals surface area contributed by atoms with Crippen LogP contribution in [0.1, 0.15) is 44.5 Å². The summed E-state index contributed by atoms with van der Waals surface area (Å²) in [5, 5.41) is 5.27. The molecule has 1 atom stereocenters. The van der Waals surface area contributed by atoms with Gasteiger partial charge in [0.05, 0.1) is 18.6 Å². The molecule has 0 aromatic heterocycles. The molecule has 138 valence electrons. The summed E-state index contributed by atoms with van der Waals surface area (Å²) in [7, 11) is 1.36. The first-order chi connectivity index (χ1) is 12.1. The first kappa shape index (κ1) is 18.4. The summed E-state index contributed by atoms with van der Waals surface area (Å²) in [4.78, 5) is 24.3. The fraction of sp³-hybridized carbons (Fsp3) is 0.429. The molecule has 1 heterocycles. The van der Waals surface area contributed by atoms with Gasteiger partial charge in [0.1, 0.15) is 5.75 Å². The van der Waals surface area contributed by atoms with Crippen molar-refractivity contribution < 1.29 is 19.1 Å². The smallest absolute Gasteiger partial charge is 0.337 e. The van der Waals surface area contributed by atoms with Crippen molar-refractivity contribution in [2.75, 3.05) is 7.11 Å². The first-order valence-corrected chi connectivity index (χ1v) is 8.74. The second-order valence-electron chi connectivity index (χ2n) is 8.12. The Morgan fingerprint density at radius 2 is 1.69 bits per heavy atom. The normalized spacial score (nSPS) is 20.7. The molecule has 0 bridgehead atoms. The highest BCUT2D eigenvalue weighted by molar-refractivity contribution is 5.95. The van der Waals surface area contributed by atoms with Crippen molar-refractivity contribution in [1.82, 2.24) is 5.32 Å². The topological polar surface area (TPSA) is 64.6 Å². The maximum absolute atomic E-state index is 12.7. The molecule has 0 spiro atoms. The van der Waals surface area contributed by atoms with Crippen molar-refractivity contribution >= 4 is 22.7 Å². The average molecular weight is 355 g/mol. The van der Waals surface area contributed by atoms with Gasteiger partial charge in [-0.05, 0) is 69.2 Å². The molecule has 3 rings (SSSR count). The van der Waals surface area contributed by atoms with Crippen LogP contribution in [0.2, 0.25) is 0 Å². The van der Waals surface area contributed by atoms with Gasteiger partial charge in [-0.25, -0.2) is 4.79 Å². The minimum Gasteiger partial charge on any atom is -0.465 e. The third-order valence-corrected chi connectivity index (χ3v) is 4.98. The van der Waals surface area contributed by atoms with Crippen LogP contribution in [0.15, 0.2) is 36.4 Å². The van der Waals surface area contributed by atoms with Crippen LogP contribution in [-0.2, 0) is 9.53 Å². The Hall–Kier alpha value is -2.40. The molecule has 5 nitrogen and oxygen atoms in total. The molecular weight excluding hydrogens is 330 g/mol. The monoisotopic (exact) mass is 355 g/mol. The van der Waals surface area contributed by atoms with Gasteiger partial charge in [0.2, 0.25) is 0 Å². The molecule has 2 aromatic carbocycles. The molecule has 1 N–H and O–H groups in total. The summed E-state index contributed by atoms with van der Waals surface area (Å²) in [5.74, 6) is -0.302. The zero-order valence-corrected chi connectivity index (χ0v) is 15.9. The van der Waals surface area contributed by atoms with Crippen molar-refractivity contribution in [3.05, 3.63) is 42.0 Å². The van der Waals surface area contributed by atoms with E-state index in [-0.39, 0.29) is 28.9 Å². The molecule has 2 aromatic rings. The Labute approximate surface area is 153 Å². The summed E-state index contributed by atoms with van der Waals surface area (Å²) in [6.07, 6.45) is 0.731. The van der Waals surface area contributed by atoms with E-state index in [0.717, 1.165) is 17.2 Å². The Morgan fingerprint density at radius 3 is 2.31 bits per heavy atom. The maximum atomic E-state index is 12.7. The third-order valence-electron chi connectivity index (χ3n) is 4.98. The SMILES string of the molecule is COC(=O)c1ccc2cc(OC(=O)C3CC(C)(C)NC3(C)C)ccc2c1. The number of hydrogen-bond donors (Lipinski definition) is 1. The predicted molar refractivity (Wildman–Crippen MR) is 100 cm³/mol. The summed E-state index contributed by atoms with van der Waals surface area (Å²) in [5.41, 5.74) is 0.0824. The van der Waals surface area contributed by atoms with E-state index < -0.39 is 0 Å². The Morgan fingerprint density at radius 1 is 1.04 bits per heavy atom. The summed E-state index contributed by atoms with van der Waals surface area (Å²) < 4.78 is 10.4. The molecule has 1 fully saturated rings. The van der Waals surface area contributed by atoms with Crippen molar-refractivity contribution in [3.8, 4) is 5.75 Å². The fourth-order valence-electron chi connectivity index (χ4n) is 3.87. The van der Waals surface area contributed by atoms with E-state index >= 15 is 0 Å². The third kappa shape index (κ3) is 3.58. The molecule has 1 aliphatic heterocycles. The van der Waals surface area contributed by atoms with Crippen LogP contribution in [0.5, 0.6) is 5.75 Å². The van der Waals surface area contributed by atoms with Crippen LogP contribution in [0.3, 0.4) is 0 Å². The molecule has 5 heteroatoms. The standard InChI is InChI=1S/C21H25NO4/c1-20(2)12-17(21(3,4)22-20)19(24)26-16-9-8-13-10-15(18(23)25-5)7-6-14(13)11-16/h6-11,17,22H,12H2,1-5H3. The van der Waals surface area contributed by atoms with Gasteiger partial charge in [0.25, 0.3) is 0 Å². The van der Waals surface area contributed by atoms with E-state index in [0.29, 0.717) is 11.3 Å². The van der Waals surface area contributed by atoms with Gasteiger partial charge in [0.15, 0.2) is 0 Å². The van der Waals surface area contributed by atoms with Crippen LogP contribution in [-0.4, -0.2) is 30.1 Å². The first-order valence-electron chi connectivity index (χ1n) is 8.74. The second-order valence-corrected chi connectivity index (χ2v) is 8.12. The Bertz CT molecular complexity index is 869. The zero-order valence-electron chi connectivity index (χ0n) is 15.9. The number of methoxy groups -OCH3 is 1. The summed E-state index contributed by atoms with van der Waals surface area (Å²) in [6, 6.07) is 10.7. The minimum atomic E-state index is -0.374. The van der Waals surface area contributed by atoms with Gasteiger partial charge in [-0.15, -0.1) is 0 Å². The quantitative estimate of drug-likeness (QED) is 0.672. The lowest BCUT2D eigenvalue weighted by Gasteiger charge is -2.27. The van der Waals surface area contributed by atoms with Crippen LogP contribution in [0.4, 0.5) is 0 Å². The van der Waals surface area contributed by atoms with Crippen LogP contribution in [0.25, 0.3) is 10.8 Å². The number of fused-ring (bicyclic) bond motifs is 1. The number of esters is 2. The van der Waals surface area contributed by atoms with Crippen LogP contribution >= 0.6 is 0 Å². The lowest BCUT2D eigenvalue weighted by molar-refractivity contribution is -0.140. The number of rotatable bonds is 3. The van der Waals surface area contributed by atoms with Gasteiger partial charge in [-0.2, -0.15) is 0 Å². The highest BCUT2D eigenvalue weighted by atomic mass is 16.5. The van der Waals surface area contributed by atoms with Gasteiger partial charge in [0, 0.05) is 11.1 Å². The molecular formula is C21H25NO4. The minimum absolute atomic E-state index is 0.0964. The lowest BCUT2D eigenvalue weighted by atomic mass is 9.87. The van der Waals surface area contributed by atoms with E-state index in [4.69, 9.17) is 9.47 Å². The molecule has 26 heavy (non-hydrogen) atoms. The number of nitrogens with one attached hydrogen (secondary N) is 1. The molecule has 0 radical (unpaired) electrons. The lowest BCUT2D eigenvalue weighted by Crippen LogP contribution is -2.47. The number of carbonyl (C=O) groups is 2. The van der Waals surface area contributed by atoms with Gasteiger partial charge in [-0.1, -0.05) is 12.1 Å². The summed E-state index contributed by atoms with van der Waals surface area (Å²) >= 11 is 0. The molecule has 1 unspecified atom stereocenters. The second kappa shape index (κ2) is 6.40. The molecule has 1 saturated heterocycles. The van der Waals surface area contributed by atoms with Crippen molar-refractivity contribution in [2.24, 2.45) is 5.92 Å². The summed E-state index contributed by atoms with van der Waals surface area (Å²) in [6.45, 7) is 8.25. The van der Waals surface area contributed by atoms with Gasteiger partial charge >= 0.3 is 11.9 Å². The van der Waals surface area contributed by atoms with E-state index in [1.807, 2.05) is 32.0 Å². The maximum Gasteiger partial charge on any atom is 0.337 e. The van der Waals surface area contributed by atoms with Crippen molar-refractivity contribution in [1.29, 1.82) is 0 Å². The molecule has 1 aliphatic rings. The fourth-order valence-corrected chi connectivity index (χ4v) is 3.87. The predicted octanol–water partition coefficient (Wildman–Crippen LogP) is 3.70. The van der Waals surface area contributed by atoms with E-state index in [9.17, 15) is 9.59 Å². The van der Waals surface area contributed by atoms with Gasteiger partial charge in [-0.3, -0.25) is 4.79 Å². The number of carbonyl (C=O) groups excluding carboxylic acids is 2. The highest BCUT2D eigenvalue weighted by Crippen LogP contribution is 2.37. The molecule has 0 amide bonds. The highest BCUT2D eigenvalue weighted by Gasteiger charge is 2.48. The Balaban J connectivity index is 1.81. The molecule has 0 aliphatic carbocycles. The Kier molecular flexibility index (Phi) is 4.53. The van der Waals surface area contributed by atoms with E-state index in [1.54, 1.807) is 18.2 Å². The van der Waals surface area contributed by atoms with Crippen molar-refractivity contribution in [3.63, 3.8) is 0 Å². The van der Waals surface area contributed by atoms with Crippen molar-refractivity contribution in [2.45, 2.75) is 45.2 Å². The van der Waals surface area contributed by atoms with E-state index in [2.05, 4.69) is 19.2 Å². The average Bonchev–Trinajstić information content (AvgIpc) is 2.81. The largest absolute Gasteiger partial charge is 0.465 e. The number of hydrogen-bond acceptors (Lipinski definition) is 5. The number of benzene rings is 2. The number of ether oxygens (including phenoxy) is 2. The van der Waals surface area contributed by atoms with Crippen LogP contribution in [0, 0.1) is 5.92 Å². The zero-order chi connectivity index (χ0) is 19.1. The van der Waals surface area contributed by atoms with Crippen LogP contribution < -0.4 is 10.1 Å².